The fraction of sp³-hybridized carbons (Fsp3) is 0.600. The SMILES string of the molecule is CC(C)(C)OC(=O)N1C[C@H]2C[C@@H]1CN2c1cccnc1. The molecule has 5 nitrogen and oxygen atoms in total. The molecule has 0 aliphatic carbocycles. The lowest BCUT2D eigenvalue weighted by atomic mass is 10.2. The van der Waals surface area contributed by atoms with Crippen LogP contribution < -0.4 is 4.90 Å². The average Bonchev–Trinajstić information content (AvgIpc) is 2.97. The Balaban J connectivity index is 1.66. The summed E-state index contributed by atoms with van der Waals surface area (Å²) in [4.78, 5) is 20.6. The van der Waals surface area contributed by atoms with Gasteiger partial charge in [0.05, 0.1) is 17.9 Å². The molecule has 2 aliphatic heterocycles. The molecule has 2 atom stereocenters. The van der Waals surface area contributed by atoms with Crippen LogP contribution in [0.5, 0.6) is 0 Å². The number of ether oxygens (including phenoxy) is 1. The van der Waals surface area contributed by atoms with Gasteiger partial charge in [-0.25, -0.2) is 4.79 Å². The van der Waals surface area contributed by atoms with E-state index < -0.39 is 5.60 Å². The molecule has 0 unspecified atom stereocenters. The summed E-state index contributed by atoms with van der Waals surface area (Å²) in [5, 5.41) is 0. The Morgan fingerprint density at radius 2 is 2.15 bits per heavy atom. The number of hydrogen-bond donors (Lipinski definition) is 0. The highest BCUT2D eigenvalue weighted by atomic mass is 16.6. The zero-order valence-electron chi connectivity index (χ0n) is 12.2. The summed E-state index contributed by atoms with van der Waals surface area (Å²) in [5.41, 5.74) is 0.714. The van der Waals surface area contributed by atoms with E-state index in [0.29, 0.717) is 6.04 Å². The molecule has 1 aromatic heterocycles. The number of rotatable bonds is 1. The van der Waals surface area contributed by atoms with Crippen molar-refractivity contribution >= 4 is 11.8 Å². The molecule has 3 heterocycles. The predicted octanol–water partition coefficient (Wildman–Crippen LogP) is 2.28. The van der Waals surface area contributed by atoms with Crippen LogP contribution in [0.15, 0.2) is 24.5 Å². The van der Waals surface area contributed by atoms with E-state index in [4.69, 9.17) is 4.74 Å². The Labute approximate surface area is 119 Å². The number of hydrogen-bond acceptors (Lipinski definition) is 4. The summed E-state index contributed by atoms with van der Waals surface area (Å²) >= 11 is 0. The number of anilines is 1. The van der Waals surface area contributed by atoms with E-state index in [1.807, 2.05) is 37.9 Å². The fourth-order valence-corrected chi connectivity index (χ4v) is 3.05. The van der Waals surface area contributed by atoms with Crippen molar-refractivity contribution in [2.45, 2.75) is 44.9 Å². The number of carbonyl (C=O) groups is 1. The molecule has 1 amide bonds. The van der Waals surface area contributed by atoms with Crippen molar-refractivity contribution in [3.05, 3.63) is 24.5 Å². The van der Waals surface area contributed by atoms with Gasteiger partial charge in [-0.1, -0.05) is 0 Å². The predicted molar refractivity (Wildman–Crippen MR) is 76.7 cm³/mol. The molecule has 0 N–H and O–H groups in total. The highest BCUT2D eigenvalue weighted by Crippen LogP contribution is 2.34. The highest BCUT2D eigenvalue weighted by molar-refractivity contribution is 5.70. The van der Waals surface area contributed by atoms with Crippen LogP contribution in [0, 0.1) is 0 Å². The first-order valence-electron chi connectivity index (χ1n) is 7.10. The number of carbonyl (C=O) groups excluding carboxylic acids is 1. The number of piperazine rings is 1. The Bertz CT molecular complexity index is 498. The van der Waals surface area contributed by atoms with Crippen molar-refractivity contribution in [2.24, 2.45) is 0 Å². The Hall–Kier alpha value is -1.78. The minimum atomic E-state index is -0.429. The zero-order chi connectivity index (χ0) is 14.3. The van der Waals surface area contributed by atoms with Crippen LogP contribution in [0.4, 0.5) is 10.5 Å². The zero-order valence-corrected chi connectivity index (χ0v) is 12.2. The highest BCUT2D eigenvalue weighted by Gasteiger charge is 2.46. The molecule has 2 bridgehead atoms. The number of amides is 1. The van der Waals surface area contributed by atoms with Crippen molar-refractivity contribution < 1.29 is 9.53 Å². The lowest BCUT2D eigenvalue weighted by molar-refractivity contribution is 0.0215. The third-order valence-electron chi connectivity index (χ3n) is 3.85. The first-order valence-corrected chi connectivity index (χ1v) is 7.10. The maximum atomic E-state index is 12.2. The molecular weight excluding hydrogens is 254 g/mol. The second kappa shape index (κ2) is 4.65. The fourth-order valence-electron chi connectivity index (χ4n) is 3.05. The van der Waals surface area contributed by atoms with E-state index in [1.165, 1.54) is 0 Å². The molecule has 20 heavy (non-hydrogen) atoms. The smallest absolute Gasteiger partial charge is 0.410 e. The molecule has 0 spiro atoms. The van der Waals surface area contributed by atoms with E-state index in [0.717, 1.165) is 25.2 Å². The molecule has 2 saturated heterocycles. The molecule has 0 aromatic carbocycles. The third kappa shape index (κ3) is 2.44. The second-order valence-electron chi connectivity index (χ2n) is 6.54. The van der Waals surface area contributed by atoms with E-state index in [9.17, 15) is 4.79 Å². The number of pyridine rings is 1. The molecule has 5 heteroatoms. The lowest BCUT2D eigenvalue weighted by Gasteiger charge is -2.36. The molecular formula is C15H21N3O2. The summed E-state index contributed by atoms with van der Waals surface area (Å²) in [5.74, 6) is 0. The van der Waals surface area contributed by atoms with Crippen LogP contribution in [-0.2, 0) is 4.74 Å². The Morgan fingerprint density at radius 3 is 2.70 bits per heavy atom. The molecule has 3 rings (SSSR count). The van der Waals surface area contributed by atoms with Crippen LogP contribution in [-0.4, -0.2) is 46.8 Å². The van der Waals surface area contributed by atoms with E-state index in [-0.39, 0.29) is 12.1 Å². The van der Waals surface area contributed by atoms with Crippen molar-refractivity contribution in [2.75, 3.05) is 18.0 Å². The summed E-state index contributed by atoms with van der Waals surface area (Å²) in [6, 6.07) is 4.67. The van der Waals surface area contributed by atoms with Gasteiger partial charge in [0.1, 0.15) is 5.60 Å². The monoisotopic (exact) mass is 275 g/mol. The maximum Gasteiger partial charge on any atom is 0.410 e. The maximum absolute atomic E-state index is 12.2. The van der Waals surface area contributed by atoms with Gasteiger partial charge >= 0.3 is 6.09 Å². The van der Waals surface area contributed by atoms with Crippen molar-refractivity contribution in [1.29, 1.82) is 0 Å². The molecule has 0 radical (unpaired) electrons. The number of likely N-dealkylation sites (tertiary alicyclic amines) is 1. The van der Waals surface area contributed by atoms with Gasteiger partial charge in [-0.3, -0.25) is 4.98 Å². The van der Waals surface area contributed by atoms with Gasteiger partial charge in [0, 0.05) is 25.3 Å². The van der Waals surface area contributed by atoms with Gasteiger partial charge in [-0.15, -0.1) is 0 Å². The summed E-state index contributed by atoms with van der Waals surface area (Å²) in [7, 11) is 0. The summed E-state index contributed by atoms with van der Waals surface area (Å²) in [6.07, 6.45) is 4.51. The second-order valence-corrected chi connectivity index (χ2v) is 6.54. The van der Waals surface area contributed by atoms with Crippen LogP contribution in [0.2, 0.25) is 0 Å². The largest absolute Gasteiger partial charge is 0.444 e. The van der Waals surface area contributed by atoms with Gasteiger partial charge < -0.3 is 14.5 Å². The minimum Gasteiger partial charge on any atom is -0.444 e. The van der Waals surface area contributed by atoms with E-state index in [2.05, 4.69) is 16.0 Å². The van der Waals surface area contributed by atoms with Crippen LogP contribution in [0.3, 0.4) is 0 Å². The number of aromatic nitrogens is 1. The normalized spacial score (nSPS) is 25.1. The van der Waals surface area contributed by atoms with Gasteiger partial charge in [0.2, 0.25) is 0 Å². The molecule has 2 aliphatic rings. The average molecular weight is 275 g/mol. The van der Waals surface area contributed by atoms with E-state index in [1.54, 1.807) is 6.20 Å². The van der Waals surface area contributed by atoms with Crippen molar-refractivity contribution in [3.8, 4) is 0 Å². The van der Waals surface area contributed by atoms with Gasteiger partial charge in [0.15, 0.2) is 0 Å². The van der Waals surface area contributed by atoms with E-state index >= 15 is 0 Å². The number of nitrogens with zero attached hydrogens (tertiary/aromatic N) is 3. The van der Waals surface area contributed by atoms with Crippen LogP contribution >= 0.6 is 0 Å². The molecule has 108 valence electrons. The van der Waals surface area contributed by atoms with Gasteiger partial charge in [0.25, 0.3) is 0 Å². The standard InChI is InChI=1S/C15H21N3O2/c1-15(2,3)20-14(19)18-10-12-7-13(18)9-17(12)11-5-4-6-16-8-11/h4-6,8,12-13H,7,9-10H2,1-3H3/t12-,13-/m1/s1. The van der Waals surface area contributed by atoms with Gasteiger partial charge in [-0.2, -0.15) is 0 Å². The Morgan fingerprint density at radius 1 is 1.35 bits per heavy atom. The lowest BCUT2D eigenvalue weighted by Crippen LogP contribution is -2.50. The molecule has 2 fully saturated rings. The summed E-state index contributed by atoms with van der Waals surface area (Å²) in [6.45, 7) is 7.33. The number of fused-ring (bicyclic) bond motifs is 2. The van der Waals surface area contributed by atoms with Crippen LogP contribution in [0.25, 0.3) is 0 Å². The molecule has 0 saturated carbocycles. The first-order chi connectivity index (χ1) is 9.44. The first kappa shape index (κ1) is 13.2. The van der Waals surface area contributed by atoms with Gasteiger partial charge in [-0.05, 0) is 39.3 Å². The topological polar surface area (TPSA) is 45.7 Å². The van der Waals surface area contributed by atoms with Crippen molar-refractivity contribution in [1.82, 2.24) is 9.88 Å². The molecule has 1 aromatic rings. The quantitative estimate of drug-likeness (QED) is 0.789. The van der Waals surface area contributed by atoms with Crippen LogP contribution in [0.1, 0.15) is 27.2 Å². The Kier molecular flexibility index (Phi) is 3.07. The summed E-state index contributed by atoms with van der Waals surface area (Å²) < 4.78 is 5.47. The van der Waals surface area contributed by atoms with Crippen molar-refractivity contribution in [3.63, 3.8) is 0 Å². The third-order valence-corrected chi connectivity index (χ3v) is 3.85. The minimum absolute atomic E-state index is 0.184.